The molecule has 22 heavy (non-hydrogen) atoms. The van der Waals surface area contributed by atoms with Gasteiger partial charge in [0.05, 0.1) is 13.2 Å². The van der Waals surface area contributed by atoms with E-state index in [1.807, 2.05) is 37.3 Å². The molecule has 0 radical (unpaired) electrons. The number of rotatable bonds is 8. The molecule has 2 N–H and O–H groups in total. The molecule has 0 spiro atoms. The van der Waals surface area contributed by atoms with Gasteiger partial charge in [-0.15, -0.1) is 0 Å². The predicted molar refractivity (Wildman–Crippen MR) is 83.6 cm³/mol. The zero-order valence-corrected chi connectivity index (χ0v) is 12.8. The molecule has 118 valence electrons. The summed E-state index contributed by atoms with van der Waals surface area (Å²) in [7, 11) is 1.62. The van der Waals surface area contributed by atoms with Gasteiger partial charge in [0.1, 0.15) is 5.75 Å². The number of carbonyl (C=O) groups is 1. The SMILES string of the molecule is COc1ccc(CN(C/C=C/C#N)C(C)CNC(=O)O)cc1. The molecule has 6 nitrogen and oxygen atoms in total. The minimum Gasteiger partial charge on any atom is -0.497 e. The Kier molecular flexibility index (Phi) is 7.51. The molecule has 0 aromatic heterocycles. The molecule has 0 fully saturated rings. The molecule has 1 rings (SSSR count). The van der Waals surface area contributed by atoms with Crippen molar-refractivity contribution >= 4 is 6.09 Å². The van der Waals surface area contributed by atoms with Gasteiger partial charge in [0.2, 0.25) is 0 Å². The second-order valence-corrected chi connectivity index (χ2v) is 4.84. The molecule has 0 saturated heterocycles. The van der Waals surface area contributed by atoms with Gasteiger partial charge in [-0.2, -0.15) is 5.26 Å². The quantitative estimate of drug-likeness (QED) is 0.719. The lowest BCUT2D eigenvalue weighted by molar-refractivity contribution is 0.181. The standard InChI is InChI=1S/C16H21N3O3/c1-13(11-18-16(20)21)19(10-4-3-9-17)12-14-5-7-15(22-2)8-6-14/h3-8,13,18H,10-12H2,1-2H3,(H,20,21)/b4-3+. The fraction of sp³-hybridized carbons (Fsp3) is 0.375. The van der Waals surface area contributed by atoms with E-state index in [1.165, 1.54) is 6.08 Å². The minimum absolute atomic E-state index is 0.00143. The number of benzene rings is 1. The maximum Gasteiger partial charge on any atom is 0.404 e. The van der Waals surface area contributed by atoms with Crippen LogP contribution in [-0.4, -0.2) is 42.3 Å². The lowest BCUT2D eigenvalue weighted by Crippen LogP contribution is -2.41. The minimum atomic E-state index is -1.04. The largest absolute Gasteiger partial charge is 0.497 e. The highest BCUT2D eigenvalue weighted by atomic mass is 16.5. The summed E-state index contributed by atoms with van der Waals surface area (Å²) in [4.78, 5) is 12.7. The van der Waals surface area contributed by atoms with Crippen LogP contribution in [-0.2, 0) is 6.54 Å². The van der Waals surface area contributed by atoms with Gasteiger partial charge in [-0.05, 0) is 24.6 Å². The lowest BCUT2D eigenvalue weighted by atomic mass is 10.1. The van der Waals surface area contributed by atoms with Crippen LogP contribution in [0.4, 0.5) is 4.79 Å². The van der Waals surface area contributed by atoms with Gasteiger partial charge in [0, 0.05) is 31.8 Å². The van der Waals surface area contributed by atoms with E-state index >= 15 is 0 Å². The van der Waals surface area contributed by atoms with Gasteiger partial charge in [0.25, 0.3) is 0 Å². The van der Waals surface area contributed by atoms with Crippen LogP contribution in [0.5, 0.6) is 5.75 Å². The Labute approximate surface area is 130 Å². The first-order chi connectivity index (χ1) is 10.6. The van der Waals surface area contributed by atoms with Crippen molar-refractivity contribution in [1.82, 2.24) is 10.2 Å². The normalized spacial score (nSPS) is 12.1. The fourth-order valence-corrected chi connectivity index (χ4v) is 1.97. The third-order valence-electron chi connectivity index (χ3n) is 3.25. The second kappa shape index (κ2) is 9.42. The Morgan fingerprint density at radius 3 is 2.73 bits per heavy atom. The molecule has 6 heteroatoms. The van der Waals surface area contributed by atoms with Crippen LogP contribution in [0.25, 0.3) is 0 Å². The number of amides is 1. The molecule has 1 atom stereocenters. The number of nitriles is 1. The number of nitrogens with one attached hydrogen (secondary N) is 1. The van der Waals surface area contributed by atoms with E-state index in [0.29, 0.717) is 19.6 Å². The summed E-state index contributed by atoms with van der Waals surface area (Å²) in [6.07, 6.45) is 2.16. The number of nitrogens with zero attached hydrogens (tertiary/aromatic N) is 2. The third kappa shape index (κ3) is 6.29. The van der Waals surface area contributed by atoms with Gasteiger partial charge >= 0.3 is 6.09 Å². The van der Waals surface area contributed by atoms with Crippen LogP contribution in [0.15, 0.2) is 36.4 Å². The predicted octanol–water partition coefficient (Wildman–Crippen LogP) is 2.23. The molecule has 0 aliphatic heterocycles. The van der Waals surface area contributed by atoms with Crippen LogP contribution in [0, 0.1) is 11.3 Å². The maximum atomic E-state index is 10.6. The first-order valence-electron chi connectivity index (χ1n) is 6.95. The van der Waals surface area contributed by atoms with E-state index < -0.39 is 6.09 Å². The number of allylic oxidation sites excluding steroid dienone is 1. The molecule has 1 aromatic carbocycles. The molecule has 1 amide bonds. The van der Waals surface area contributed by atoms with Crippen LogP contribution in [0.2, 0.25) is 0 Å². The fourth-order valence-electron chi connectivity index (χ4n) is 1.97. The monoisotopic (exact) mass is 303 g/mol. The zero-order chi connectivity index (χ0) is 16.4. The number of methoxy groups -OCH3 is 1. The van der Waals surface area contributed by atoms with Crippen molar-refractivity contribution in [3.8, 4) is 11.8 Å². The van der Waals surface area contributed by atoms with Crippen LogP contribution in [0.3, 0.4) is 0 Å². The molecule has 0 heterocycles. The van der Waals surface area contributed by atoms with E-state index in [-0.39, 0.29) is 6.04 Å². The summed E-state index contributed by atoms with van der Waals surface area (Å²) in [5.41, 5.74) is 1.09. The average molecular weight is 303 g/mol. The highest BCUT2D eigenvalue weighted by Crippen LogP contribution is 2.14. The number of hydrogen-bond acceptors (Lipinski definition) is 4. The van der Waals surface area contributed by atoms with E-state index in [0.717, 1.165) is 11.3 Å². The topological polar surface area (TPSA) is 85.6 Å². The highest BCUT2D eigenvalue weighted by Gasteiger charge is 2.14. The van der Waals surface area contributed by atoms with Crippen molar-refractivity contribution in [2.45, 2.75) is 19.5 Å². The molecule has 0 aliphatic rings. The Hall–Kier alpha value is -2.52. The van der Waals surface area contributed by atoms with Gasteiger partial charge in [-0.1, -0.05) is 18.2 Å². The van der Waals surface area contributed by atoms with Crippen LogP contribution in [0.1, 0.15) is 12.5 Å². The van der Waals surface area contributed by atoms with E-state index in [2.05, 4.69) is 10.2 Å². The summed E-state index contributed by atoms with van der Waals surface area (Å²) in [6, 6.07) is 9.67. The Balaban J connectivity index is 2.72. The van der Waals surface area contributed by atoms with Crippen molar-refractivity contribution in [1.29, 1.82) is 5.26 Å². The Morgan fingerprint density at radius 1 is 1.50 bits per heavy atom. The smallest absolute Gasteiger partial charge is 0.404 e. The maximum absolute atomic E-state index is 10.6. The van der Waals surface area contributed by atoms with Crippen molar-refractivity contribution in [3.63, 3.8) is 0 Å². The number of carboxylic acid groups (broad SMARTS) is 1. The number of hydrogen-bond donors (Lipinski definition) is 2. The van der Waals surface area contributed by atoms with Gasteiger partial charge in [-0.3, -0.25) is 4.90 Å². The summed E-state index contributed by atoms with van der Waals surface area (Å²) in [5, 5.41) is 19.7. The molecule has 1 aromatic rings. The lowest BCUT2D eigenvalue weighted by Gasteiger charge is -2.28. The molecule has 0 bridgehead atoms. The summed E-state index contributed by atoms with van der Waals surface area (Å²) in [5.74, 6) is 0.792. The van der Waals surface area contributed by atoms with Gasteiger partial charge < -0.3 is 15.2 Å². The molecular weight excluding hydrogens is 282 g/mol. The first-order valence-corrected chi connectivity index (χ1v) is 6.95. The Bertz CT molecular complexity index is 535. The van der Waals surface area contributed by atoms with Crippen molar-refractivity contribution in [2.75, 3.05) is 20.2 Å². The van der Waals surface area contributed by atoms with Gasteiger partial charge in [0.15, 0.2) is 0 Å². The van der Waals surface area contributed by atoms with E-state index in [4.69, 9.17) is 15.1 Å². The summed E-state index contributed by atoms with van der Waals surface area (Å²) >= 11 is 0. The third-order valence-corrected chi connectivity index (χ3v) is 3.25. The first kappa shape index (κ1) is 17.5. The van der Waals surface area contributed by atoms with Crippen molar-refractivity contribution in [2.24, 2.45) is 0 Å². The van der Waals surface area contributed by atoms with Crippen LogP contribution < -0.4 is 10.1 Å². The number of ether oxygens (including phenoxy) is 1. The molecular formula is C16H21N3O3. The zero-order valence-electron chi connectivity index (χ0n) is 12.8. The second-order valence-electron chi connectivity index (χ2n) is 4.84. The summed E-state index contributed by atoms with van der Waals surface area (Å²) in [6.45, 7) is 3.50. The average Bonchev–Trinajstić information content (AvgIpc) is 2.52. The molecule has 1 unspecified atom stereocenters. The van der Waals surface area contributed by atoms with Gasteiger partial charge in [-0.25, -0.2) is 4.79 Å². The Morgan fingerprint density at radius 2 is 2.18 bits per heavy atom. The van der Waals surface area contributed by atoms with E-state index in [9.17, 15) is 4.79 Å². The van der Waals surface area contributed by atoms with E-state index in [1.54, 1.807) is 13.2 Å². The van der Waals surface area contributed by atoms with Crippen molar-refractivity contribution < 1.29 is 14.6 Å². The van der Waals surface area contributed by atoms with Crippen LogP contribution >= 0.6 is 0 Å². The van der Waals surface area contributed by atoms with Crippen molar-refractivity contribution in [3.05, 3.63) is 42.0 Å². The molecule has 0 saturated carbocycles. The summed E-state index contributed by atoms with van der Waals surface area (Å²) < 4.78 is 5.13. The highest BCUT2D eigenvalue weighted by molar-refractivity contribution is 5.64. The molecule has 0 aliphatic carbocycles.